The summed E-state index contributed by atoms with van der Waals surface area (Å²) < 4.78 is 16.5. The topological polar surface area (TPSA) is 65.7 Å². The molecule has 1 heterocycles. The summed E-state index contributed by atoms with van der Waals surface area (Å²) in [5, 5.41) is 0. The zero-order valence-electron chi connectivity index (χ0n) is 21.7. The Kier molecular flexibility index (Phi) is 16.5. The first-order valence-corrected chi connectivity index (χ1v) is 13.5. The van der Waals surface area contributed by atoms with E-state index in [1.807, 2.05) is 0 Å². The smallest absolute Gasteiger partial charge is 0.375 e. The molecule has 0 aliphatic heterocycles. The number of esters is 2. The molecule has 0 aliphatic rings. The highest BCUT2D eigenvalue weighted by Crippen LogP contribution is 2.21. The van der Waals surface area contributed by atoms with E-state index in [0.717, 1.165) is 64.2 Å². The monoisotopic (exact) mass is 464 g/mol. The molecular formula is C28H48O5. The van der Waals surface area contributed by atoms with Crippen molar-refractivity contribution < 1.29 is 23.5 Å². The molecule has 0 N–H and O–H groups in total. The Balaban J connectivity index is 2.63. The van der Waals surface area contributed by atoms with Gasteiger partial charge in [-0.05, 0) is 43.6 Å². The van der Waals surface area contributed by atoms with E-state index in [-0.39, 0.29) is 11.3 Å². The molecule has 0 aliphatic carbocycles. The molecule has 0 fully saturated rings. The van der Waals surface area contributed by atoms with Gasteiger partial charge in [-0.2, -0.15) is 0 Å². The normalized spacial score (nSPS) is 13.0. The van der Waals surface area contributed by atoms with Crippen molar-refractivity contribution >= 4 is 11.9 Å². The first-order chi connectivity index (χ1) is 16.1. The molecule has 2 atom stereocenters. The molecule has 33 heavy (non-hydrogen) atoms. The summed E-state index contributed by atoms with van der Waals surface area (Å²) in [6.07, 6.45) is 17.2. The van der Waals surface area contributed by atoms with E-state index in [9.17, 15) is 9.59 Å². The maximum absolute atomic E-state index is 12.7. The largest absolute Gasteiger partial charge is 0.462 e. The van der Waals surface area contributed by atoms with Crippen molar-refractivity contribution in [2.75, 3.05) is 13.2 Å². The highest BCUT2D eigenvalue weighted by Gasteiger charge is 2.25. The number of rotatable bonds is 20. The van der Waals surface area contributed by atoms with Crippen LogP contribution in [0.3, 0.4) is 0 Å². The van der Waals surface area contributed by atoms with Crippen LogP contribution in [0, 0.1) is 11.8 Å². The lowest BCUT2D eigenvalue weighted by Gasteiger charge is -2.17. The fourth-order valence-corrected chi connectivity index (χ4v) is 4.13. The molecule has 1 aromatic rings. The quantitative estimate of drug-likeness (QED) is 0.143. The number of carbonyl (C=O) groups is 2. The van der Waals surface area contributed by atoms with Gasteiger partial charge in [-0.25, -0.2) is 9.59 Å². The molecule has 2 unspecified atom stereocenters. The molecule has 190 valence electrons. The number of unbranched alkanes of at least 4 members (excludes halogenated alkanes) is 6. The predicted octanol–water partition coefficient (Wildman–Crippen LogP) is 8.37. The summed E-state index contributed by atoms with van der Waals surface area (Å²) in [7, 11) is 0. The van der Waals surface area contributed by atoms with E-state index >= 15 is 0 Å². The summed E-state index contributed by atoms with van der Waals surface area (Å²) in [4.78, 5) is 25.4. The van der Waals surface area contributed by atoms with Gasteiger partial charge in [0.05, 0.1) is 19.5 Å². The summed E-state index contributed by atoms with van der Waals surface area (Å²) in [6.45, 7) is 9.49. The highest BCUT2D eigenvalue weighted by atomic mass is 16.5. The lowest BCUT2D eigenvalue weighted by Crippen LogP contribution is -2.18. The van der Waals surface area contributed by atoms with Crippen LogP contribution in [-0.2, 0) is 9.47 Å². The molecule has 0 radical (unpaired) electrons. The minimum Gasteiger partial charge on any atom is -0.462 e. The standard InChI is InChI=1S/C28H48O5/c1-5-9-13-17-23(15-11-7-3)21-32-27(29)25-19-20-31-26(25)28(30)33-22-24(16-12-8-4)18-14-10-6-2/h19-20,23-24H,5-18,21-22H2,1-4H3. The van der Waals surface area contributed by atoms with E-state index in [1.165, 1.54) is 38.0 Å². The first kappa shape index (κ1) is 29.3. The van der Waals surface area contributed by atoms with Crippen LogP contribution in [0.2, 0.25) is 0 Å². The Morgan fingerprint density at radius 2 is 1.15 bits per heavy atom. The van der Waals surface area contributed by atoms with Gasteiger partial charge in [-0.3, -0.25) is 0 Å². The number of ether oxygens (including phenoxy) is 2. The highest BCUT2D eigenvalue weighted by molar-refractivity contribution is 6.01. The van der Waals surface area contributed by atoms with Crippen LogP contribution in [0.1, 0.15) is 138 Å². The third-order valence-electron chi connectivity index (χ3n) is 6.33. The SMILES string of the molecule is CCCCCC(CCCC)COC(=O)c1ccoc1C(=O)OCC(CCCC)CCCCC. The van der Waals surface area contributed by atoms with Gasteiger partial charge in [0.1, 0.15) is 5.56 Å². The fraction of sp³-hybridized carbons (Fsp3) is 0.786. The summed E-state index contributed by atoms with van der Waals surface area (Å²) in [6, 6.07) is 1.51. The number of hydrogen-bond acceptors (Lipinski definition) is 5. The van der Waals surface area contributed by atoms with Gasteiger partial charge in [0.15, 0.2) is 0 Å². The minimum absolute atomic E-state index is 0.0427. The molecule has 0 aromatic carbocycles. The predicted molar refractivity (Wildman–Crippen MR) is 134 cm³/mol. The van der Waals surface area contributed by atoms with Crippen LogP contribution in [0.25, 0.3) is 0 Å². The number of furan rings is 1. The van der Waals surface area contributed by atoms with Crippen LogP contribution < -0.4 is 0 Å². The van der Waals surface area contributed by atoms with Crippen molar-refractivity contribution in [2.24, 2.45) is 11.8 Å². The Labute approximate surface area is 202 Å². The van der Waals surface area contributed by atoms with Crippen LogP contribution >= 0.6 is 0 Å². The minimum atomic E-state index is -0.575. The van der Waals surface area contributed by atoms with Crippen molar-refractivity contribution in [3.63, 3.8) is 0 Å². The Hall–Kier alpha value is -1.78. The Morgan fingerprint density at radius 3 is 1.64 bits per heavy atom. The van der Waals surface area contributed by atoms with Crippen molar-refractivity contribution in [2.45, 2.75) is 118 Å². The lowest BCUT2D eigenvalue weighted by molar-refractivity contribution is 0.0349. The van der Waals surface area contributed by atoms with Crippen LogP contribution in [0.4, 0.5) is 0 Å². The van der Waals surface area contributed by atoms with Crippen molar-refractivity contribution in [3.05, 3.63) is 23.7 Å². The average Bonchev–Trinajstić information content (AvgIpc) is 3.32. The maximum atomic E-state index is 12.7. The lowest BCUT2D eigenvalue weighted by atomic mass is 9.96. The van der Waals surface area contributed by atoms with Gasteiger partial charge >= 0.3 is 11.9 Å². The molecule has 1 aromatic heterocycles. The Morgan fingerprint density at radius 1 is 0.697 bits per heavy atom. The zero-order chi connectivity index (χ0) is 24.3. The Bertz CT molecular complexity index is 583. The molecule has 5 nitrogen and oxygen atoms in total. The van der Waals surface area contributed by atoms with Crippen LogP contribution in [0.5, 0.6) is 0 Å². The van der Waals surface area contributed by atoms with Crippen molar-refractivity contribution in [1.29, 1.82) is 0 Å². The molecule has 5 heteroatoms. The third kappa shape index (κ3) is 12.3. The van der Waals surface area contributed by atoms with E-state index in [1.54, 1.807) is 0 Å². The van der Waals surface area contributed by atoms with E-state index < -0.39 is 11.9 Å². The van der Waals surface area contributed by atoms with Crippen LogP contribution in [0.15, 0.2) is 16.7 Å². The van der Waals surface area contributed by atoms with Crippen molar-refractivity contribution in [1.82, 2.24) is 0 Å². The zero-order valence-corrected chi connectivity index (χ0v) is 21.7. The second-order valence-corrected chi connectivity index (χ2v) is 9.37. The maximum Gasteiger partial charge on any atom is 0.375 e. The van der Waals surface area contributed by atoms with E-state index in [0.29, 0.717) is 25.0 Å². The van der Waals surface area contributed by atoms with Crippen molar-refractivity contribution in [3.8, 4) is 0 Å². The molecule has 0 amide bonds. The first-order valence-electron chi connectivity index (χ1n) is 13.5. The third-order valence-corrected chi connectivity index (χ3v) is 6.33. The molecule has 1 rings (SSSR count). The molecule has 0 saturated carbocycles. The van der Waals surface area contributed by atoms with E-state index in [2.05, 4.69) is 27.7 Å². The van der Waals surface area contributed by atoms with Gasteiger partial charge in [-0.15, -0.1) is 0 Å². The van der Waals surface area contributed by atoms with Gasteiger partial charge in [0.2, 0.25) is 5.76 Å². The summed E-state index contributed by atoms with van der Waals surface area (Å²) in [5.41, 5.74) is 0.166. The van der Waals surface area contributed by atoms with Gasteiger partial charge in [0, 0.05) is 0 Å². The fourth-order valence-electron chi connectivity index (χ4n) is 4.13. The van der Waals surface area contributed by atoms with Gasteiger partial charge in [0.25, 0.3) is 0 Å². The molecular weight excluding hydrogens is 416 g/mol. The second kappa shape index (κ2) is 18.6. The van der Waals surface area contributed by atoms with E-state index in [4.69, 9.17) is 13.9 Å². The summed E-state index contributed by atoms with van der Waals surface area (Å²) >= 11 is 0. The second-order valence-electron chi connectivity index (χ2n) is 9.37. The number of carbonyl (C=O) groups excluding carboxylic acids is 2. The molecule has 0 bridgehead atoms. The number of hydrogen-bond donors (Lipinski definition) is 0. The molecule has 0 saturated heterocycles. The molecule has 0 spiro atoms. The van der Waals surface area contributed by atoms with Gasteiger partial charge < -0.3 is 13.9 Å². The van der Waals surface area contributed by atoms with Gasteiger partial charge in [-0.1, -0.05) is 91.9 Å². The summed E-state index contributed by atoms with van der Waals surface area (Å²) in [5.74, 6) is -0.398. The van der Waals surface area contributed by atoms with Crippen LogP contribution in [-0.4, -0.2) is 25.2 Å². The average molecular weight is 465 g/mol.